The molecule has 0 spiro atoms. The molecule has 0 heterocycles. The van der Waals surface area contributed by atoms with Gasteiger partial charge in [0.15, 0.2) is 0 Å². The molecule has 222 valence electrons. The minimum absolute atomic E-state index is 0. The van der Waals surface area contributed by atoms with Crippen LogP contribution >= 0.6 is 15.8 Å². The molecule has 0 aromatic heterocycles. The van der Waals surface area contributed by atoms with Crippen LogP contribution in [0.15, 0.2) is 212 Å². The van der Waals surface area contributed by atoms with Crippen LogP contribution in [0.2, 0.25) is 0 Å². The van der Waals surface area contributed by atoms with Gasteiger partial charge in [-0.3, -0.25) is 0 Å². The average molecular weight is 723 g/mol. The molecular weight excluding hydrogens is 673 g/mol. The van der Waals surface area contributed by atoms with Gasteiger partial charge in [-0.05, 0) is 47.7 Å². The Bertz CT molecular complexity index is 2200. The van der Waals surface area contributed by atoms with Gasteiger partial charge in [-0.1, -0.05) is 182 Å². The maximum atomic E-state index is 8.38. The molecule has 0 unspecified atom stereocenters. The second-order valence-electron chi connectivity index (χ2n) is 8.68. The zero-order valence-corrected chi connectivity index (χ0v) is 27.1. The summed E-state index contributed by atoms with van der Waals surface area (Å²) in [4.78, 5) is 0. The van der Waals surface area contributed by atoms with Crippen molar-refractivity contribution in [3.05, 3.63) is 218 Å². The Kier molecular flexibility index (Phi) is 8.17. The van der Waals surface area contributed by atoms with Crippen LogP contribution < -0.4 is 31.8 Å². The van der Waals surface area contributed by atoms with Gasteiger partial charge in [0, 0.05) is 0 Å². The standard InChI is InChI=1S/2C18H15P.C6H5.Pd/c2*1-4-10-16(11-5-1)19(17-12-6-2-7-13-17)18-14-8-3-9-15-18;1-2-4-6-5-3-1;/h2*1-15H;1-5H;/q;;-1;+2/i1D,2D,3D,4D,5D,6D,7D,8D,9D,10D,11D,12D,13D,14D,15D;;;. The van der Waals surface area contributed by atoms with Crippen molar-refractivity contribution in [1.82, 2.24) is 0 Å². The molecule has 0 bridgehead atoms. The Morgan fingerprint density at radius 2 is 0.600 bits per heavy atom. The van der Waals surface area contributed by atoms with Crippen molar-refractivity contribution < 1.29 is 41.0 Å². The molecule has 3 heteroatoms. The third-order valence-electron chi connectivity index (χ3n) is 5.78. The molecule has 0 aliphatic heterocycles. The fraction of sp³-hybridized carbons (Fsp3) is 0. The van der Waals surface area contributed by atoms with E-state index >= 15 is 0 Å². The molecule has 0 aliphatic carbocycles. The van der Waals surface area contributed by atoms with Crippen molar-refractivity contribution >= 4 is 47.7 Å². The van der Waals surface area contributed by atoms with Crippen molar-refractivity contribution in [1.29, 1.82) is 0 Å². The third kappa shape index (κ3) is 10.6. The number of rotatable bonds is 6. The average Bonchev–Trinajstić information content (AvgIpc) is 3.27. The van der Waals surface area contributed by atoms with Crippen LogP contribution in [-0.2, 0) is 20.4 Å². The largest absolute Gasteiger partial charge is 2.00 e. The zero-order valence-electron chi connectivity index (χ0n) is 38.8. The molecule has 45 heavy (non-hydrogen) atoms. The van der Waals surface area contributed by atoms with Gasteiger partial charge in [-0.2, -0.15) is 36.4 Å². The quantitative estimate of drug-likeness (QED) is 0.0920. The van der Waals surface area contributed by atoms with Gasteiger partial charge in [-0.15, -0.1) is 0 Å². The van der Waals surface area contributed by atoms with Gasteiger partial charge >= 0.3 is 20.4 Å². The van der Waals surface area contributed by atoms with Crippen molar-refractivity contribution in [2.24, 2.45) is 0 Å². The van der Waals surface area contributed by atoms with E-state index in [1.807, 2.05) is 30.3 Å². The fourth-order valence-corrected chi connectivity index (χ4v) is 7.90. The molecule has 0 nitrogen and oxygen atoms in total. The van der Waals surface area contributed by atoms with Crippen molar-refractivity contribution in [3.8, 4) is 0 Å². The summed E-state index contributed by atoms with van der Waals surface area (Å²) in [6.45, 7) is 0. The van der Waals surface area contributed by atoms with Crippen LogP contribution in [-0.4, -0.2) is 0 Å². The maximum absolute atomic E-state index is 8.38. The Hall–Kier alpha value is -3.94. The first-order chi connectivity index (χ1) is 28.1. The molecular formula is C42H35P2Pd+. The molecule has 0 amide bonds. The summed E-state index contributed by atoms with van der Waals surface area (Å²) in [6.07, 6.45) is 0. The van der Waals surface area contributed by atoms with Crippen LogP contribution in [0, 0.1) is 6.07 Å². The maximum Gasteiger partial charge on any atom is 2.00 e. The summed E-state index contributed by atoms with van der Waals surface area (Å²) in [5.74, 6) is 0. The van der Waals surface area contributed by atoms with E-state index in [9.17, 15) is 0 Å². The van der Waals surface area contributed by atoms with E-state index in [0.29, 0.717) is 0 Å². The Labute approximate surface area is 306 Å². The second-order valence-corrected chi connectivity index (χ2v) is 12.9. The molecule has 0 radical (unpaired) electrons. The van der Waals surface area contributed by atoms with E-state index in [1.165, 1.54) is 15.9 Å². The van der Waals surface area contributed by atoms with Crippen molar-refractivity contribution in [2.75, 3.05) is 0 Å². The van der Waals surface area contributed by atoms with Crippen molar-refractivity contribution in [3.63, 3.8) is 0 Å². The van der Waals surface area contributed by atoms with Gasteiger partial charge in [0.1, 0.15) is 0 Å². The smallest absolute Gasteiger partial charge is 0.184 e. The third-order valence-corrected chi connectivity index (χ3v) is 10.2. The van der Waals surface area contributed by atoms with E-state index < -0.39 is 122 Å². The van der Waals surface area contributed by atoms with Crippen LogP contribution in [0.4, 0.5) is 0 Å². The number of benzene rings is 7. The SMILES string of the molecule is [2H]c1c([2H])c([2H])c(P(c2c([2H])c([2H])c([2H])c([2H])c2[2H])c2c([2H])c([2H])c([2H])c([2H])c2[2H])c([2H])c1[2H].[Pd+2].[c-]1ccccc1.c1ccc(P(c2ccccc2)c2ccccc2)cc1. The van der Waals surface area contributed by atoms with Gasteiger partial charge < -0.3 is 0 Å². The van der Waals surface area contributed by atoms with Crippen LogP contribution in [0.3, 0.4) is 0 Å². The van der Waals surface area contributed by atoms with Gasteiger partial charge in [0.2, 0.25) is 0 Å². The van der Waals surface area contributed by atoms with Crippen LogP contribution in [0.5, 0.6) is 0 Å². The monoisotopic (exact) mass is 722 g/mol. The minimum atomic E-state index is -2.80. The molecule has 7 aromatic carbocycles. The molecule has 7 rings (SSSR count). The van der Waals surface area contributed by atoms with Crippen LogP contribution in [0.25, 0.3) is 0 Å². The van der Waals surface area contributed by atoms with E-state index in [2.05, 4.69) is 97.1 Å². The summed E-state index contributed by atoms with van der Waals surface area (Å²) < 4.78 is 122. The molecule has 0 N–H and O–H groups in total. The van der Waals surface area contributed by atoms with Gasteiger partial charge in [-0.25, -0.2) is 0 Å². The molecule has 7 aromatic rings. The normalized spacial score (nSPS) is 14.7. The minimum Gasteiger partial charge on any atom is -0.184 e. The summed E-state index contributed by atoms with van der Waals surface area (Å²) in [6, 6.07) is 33.4. The molecule has 0 aliphatic rings. The summed E-state index contributed by atoms with van der Waals surface area (Å²) in [5, 5.41) is 2.65. The fourth-order valence-electron chi connectivity index (χ4n) is 3.92. The van der Waals surface area contributed by atoms with E-state index in [-0.39, 0.29) is 20.4 Å². The second kappa shape index (κ2) is 19.4. The van der Waals surface area contributed by atoms with Gasteiger partial charge in [0.25, 0.3) is 0 Å². The Balaban J connectivity index is 0.000000253. The Morgan fingerprint density at radius 3 is 0.844 bits per heavy atom. The summed E-state index contributed by atoms with van der Waals surface area (Å²) in [5.41, 5.74) is 0. The first-order valence-corrected chi connectivity index (χ1v) is 16.2. The van der Waals surface area contributed by atoms with Crippen LogP contribution in [0.1, 0.15) is 20.6 Å². The predicted molar refractivity (Wildman–Crippen MR) is 196 cm³/mol. The first-order valence-electron chi connectivity index (χ1n) is 21.0. The van der Waals surface area contributed by atoms with E-state index in [4.69, 9.17) is 20.6 Å². The molecule has 0 atom stereocenters. The molecule has 0 fully saturated rings. The van der Waals surface area contributed by atoms with E-state index in [1.54, 1.807) is 0 Å². The van der Waals surface area contributed by atoms with E-state index in [0.717, 1.165) is 0 Å². The molecule has 0 saturated carbocycles. The summed E-state index contributed by atoms with van der Waals surface area (Å²) in [7, 11) is -3.25. The first kappa shape index (κ1) is 18.9. The topological polar surface area (TPSA) is 0 Å². The van der Waals surface area contributed by atoms with Gasteiger partial charge in [0.05, 0.1) is 20.6 Å². The van der Waals surface area contributed by atoms with Crippen molar-refractivity contribution in [2.45, 2.75) is 0 Å². The number of hydrogen-bond acceptors (Lipinski definition) is 0. The predicted octanol–water partition coefficient (Wildman–Crippen LogP) is 8.37. The molecule has 0 saturated heterocycles. The number of hydrogen-bond donors (Lipinski definition) is 0. The Morgan fingerprint density at radius 1 is 0.333 bits per heavy atom. The zero-order chi connectivity index (χ0) is 43.1. The summed E-state index contributed by atoms with van der Waals surface area (Å²) >= 11 is 0.